The molecule has 0 amide bonds. The minimum Gasteiger partial charge on any atom is -0.473 e. The number of ether oxygens (including phenoxy) is 2. The Balaban J connectivity index is 1.19. The maximum absolute atomic E-state index is 5.84. The van der Waals surface area contributed by atoms with E-state index in [2.05, 4.69) is 39.2 Å². The third-order valence-electron chi connectivity index (χ3n) is 7.06. The van der Waals surface area contributed by atoms with E-state index in [4.69, 9.17) is 19.4 Å². The Hall–Kier alpha value is -4.04. The third-order valence-corrected chi connectivity index (χ3v) is 7.06. The van der Waals surface area contributed by atoms with Gasteiger partial charge < -0.3 is 19.7 Å². The summed E-state index contributed by atoms with van der Waals surface area (Å²) in [6.45, 7) is 4.99. The number of morpholine rings is 1. The van der Waals surface area contributed by atoms with Crippen molar-refractivity contribution in [3.05, 3.63) is 83.7 Å². The Kier molecular flexibility index (Phi) is 7.13. The van der Waals surface area contributed by atoms with Crippen LogP contribution in [0.1, 0.15) is 36.6 Å². The van der Waals surface area contributed by atoms with Crippen LogP contribution >= 0.6 is 0 Å². The lowest BCUT2D eigenvalue weighted by atomic mass is 9.95. The molecule has 0 unspecified atom stereocenters. The normalized spacial score (nSPS) is 17.1. The lowest BCUT2D eigenvalue weighted by Crippen LogP contribution is -2.45. The number of hydrogen-bond donors (Lipinski definition) is 1. The van der Waals surface area contributed by atoms with Crippen LogP contribution in [0.15, 0.2) is 66.9 Å². The van der Waals surface area contributed by atoms with Crippen LogP contribution in [-0.2, 0) is 24.2 Å². The summed E-state index contributed by atoms with van der Waals surface area (Å²) in [6.07, 6.45) is 6.13. The Morgan fingerprint density at radius 1 is 0.974 bits per heavy atom. The van der Waals surface area contributed by atoms with Gasteiger partial charge in [-0.2, -0.15) is 4.98 Å². The van der Waals surface area contributed by atoms with Crippen LogP contribution in [0.5, 0.6) is 5.88 Å². The van der Waals surface area contributed by atoms with Gasteiger partial charge in [0.25, 0.3) is 0 Å². The molecule has 1 N–H and O–H groups in total. The van der Waals surface area contributed by atoms with E-state index in [1.165, 1.54) is 24.1 Å². The summed E-state index contributed by atoms with van der Waals surface area (Å²) in [5.74, 6) is 2.87. The lowest BCUT2D eigenvalue weighted by molar-refractivity contribution is 0.0984. The van der Waals surface area contributed by atoms with Crippen molar-refractivity contribution in [1.29, 1.82) is 0 Å². The molecule has 4 aromatic rings. The summed E-state index contributed by atoms with van der Waals surface area (Å²) in [6, 6.07) is 20.2. The highest BCUT2D eigenvalue weighted by molar-refractivity contribution is 5.65. The number of nitrogens with one attached hydrogen (secondary N) is 1. The lowest BCUT2D eigenvalue weighted by Gasteiger charge is -2.36. The van der Waals surface area contributed by atoms with Gasteiger partial charge >= 0.3 is 0 Å². The first-order chi connectivity index (χ1) is 18.7. The minimum atomic E-state index is 0.302. The minimum absolute atomic E-state index is 0.302. The van der Waals surface area contributed by atoms with Crippen LogP contribution < -0.4 is 15.0 Å². The molecule has 0 saturated carbocycles. The average molecular weight is 509 g/mol. The van der Waals surface area contributed by atoms with E-state index in [0.717, 1.165) is 61.1 Å². The molecule has 0 radical (unpaired) electrons. The van der Waals surface area contributed by atoms with Gasteiger partial charge in [-0.05, 0) is 62.4 Å². The van der Waals surface area contributed by atoms with E-state index in [-0.39, 0.29) is 0 Å². The summed E-state index contributed by atoms with van der Waals surface area (Å²) < 4.78 is 11.5. The highest BCUT2D eigenvalue weighted by Gasteiger charge is 2.27. The second kappa shape index (κ2) is 11.1. The van der Waals surface area contributed by atoms with Crippen molar-refractivity contribution in [1.82, 2.24) is 19.9 Å². The molecule has 194 valence electrons. The van der Waals surface area contributed by atoms with Crippen LogP contribution in [0, 0.1) is 0 Å². The predicted octanol–water partition coefficient (Wildman–Crippen LogP) is 5.36. The van der Waals surface area contributed by atoms with Gasteiger partial charge in [-0.3, -0.25) is 0 Å². The van der Waals surface area contributed by atoms with Crippen molar-refractivity contribution >= 4 is 17.5 Å². The van der Waals surface area contributed by atoms with E-state index in [1.54, 1.807) is 12.3 Å². The highest BCUT2D eigenvalue weighted by atomic mass is 16.5. The second-order valence-corrected chi connectivity index (χ2v) is 9.82. The maximum Gasteiger partial charge on any atom is 0.230 e. The molecule has 8 nitrogen and oxygen atoms in total. The summed E-state index contributed by atoms with van der Waals surface area (Å²) in [5, 5.41) is 3.27. The zero-order valence-electron chi connectivity index (χ0n) is 21.6. The molecule has 2 aromatic carbocycles. The van der Waals surface area contributed by atoms with Crippen molar-refractivity contribution in [3.63, 3.8) is 0 Å². The predicted molar refractivity (Wildman–Crippen MR) is 148 cm³/mol. The molecule has 6 rings (SSSR count). The topological polar surface area (TPSA) is 85.3 Å². The van der Waals surface area contributed by atoms with Gasteiger partial charge in [0.1, 0.15) is 12.4 Å². The van der Waals surface area contributed by atoms with E-state index >= 15 is 0 Å². The second-order valence-electron chi connectivity index (χ2n) is 9.82. The van der Waals surface area contributed by atoms with Crippen molar-refractivity contribution < 1.29 is 9.47 Å². The average Bonchev–Trinajstić information content (AvgIpc) is 2.97. The van der Waals surface area contributed by atoms with Gasteiger partial charge in [0.15, 0.2) is 5.82 Å². The summed E-state index contributed by atoms with van der Waals surface area (Å²) in [4.78, 5) is 21.3. The fourth-order valence-electron chi connectivity index (χ4n) is 5.03. The number of nitrogens with zero attached hydrogens (tertiary/aromatic N) is 5. The SMILES string of the molecule is C[C@H]1COCCN1c1nc(-c2ccc(Nc3nccc(OCc4ccccc4)n3)cc2)nc2c1CCCC2. The van der Waals surface area contributed by atoms with Gasteiger partial charge in [0.2, 0.25) is 11.8 Å². The third kappa shape index (κ3) is 5.45. The van der Waals surface area contributed by atoms with Gasteiger partial charge in [-0.25, -0.2) is 15.0 Å². The zero-order chi connectivity index (χ0) is 25.7. The molecule has 1 aliphatic carbocycles. The van der Waals surface area contributed by atoms with Gasteiger partial charge in [-0.1, -0.05) is 30.3 Å². The molecule has 2 aromatic heterocycles. The van der Waals surface area contributed by atoms with Gasteiger partial charge in [0.05, 0.1) is 19.3 Å². The first-order valence-electron chi connectivity index (χ1n) is 13.3. The number of benzene rings is 2. The quantitative estimate of drug-likeness (QED) is 0.357. The Morgan fingerprint density at radius 3 is 2.66 bits per heavy atom. The standard InChI is InChI=1S/C30H32N6O2/c1-21-19-37-18-17-36(21)29-25-9-5-6-10-26(25)33-28(35-29)23-11-13-24(14-12-23)32-30-31-16-15-27(34-30)38-20-22-7-3-2-4-8-22/h2-4,7-8,11-16,21H,5-6,9-10,17-20H2,1H3,(H,31,32,34)/t21-/m0/s1. The van der Waals surface area contributed by atoms with E-state index in [1.807, 2.05) is 42.5 Å². The Labute approximate surface area is 223 Å². The molecule has 1 saturated heterocycles. The first kappa shape index (κ1) is 24.3. The Bertz CT molecular complexity index is 1380. The number of anilines is 3. The van der Waals surface area contributed by atoms with Crippen LogP contribution in [-0.4, -0.2) is 45.7 Å². The van der Waals surface area contributed by atoms with E-state index in [0.29, 0.717) is 24.5 Å². The van der Waals surface area contributed by atoms with E-state index < -0.39 is 0 Å². The number of rotatable bonds is 7. The molecule has 1 fully saturated rings. The molecule has 3 heterocycles. The molecule has 1 aliphatic heterocycles. The summed E-state index contributed by atoms with van der Waals surface area (Å²) in [7, 11) is 0. The molecule has 8 heteroatoms. The van der Waals surface area contributed by atoms with Crippen molar-refractivity contribution in [2.45, 2.75) is 45.3 Å². The van der Waals surface area contributed by atoms with Crippen LogP contribution in [0.4, 0.5) is 17.5 Å². The first-order valence-corrected chi connectivity index (χ1v) is 13.3. The number of aromatic nitrogens is 4. The zero-order valence-corrected chi connectivity index (χ0v) is 21.6. The summed E-state index contributed by atoms with van der Waals surface area (Å²) in [5.41, 5.74) is 5.48. The Morgan fingerprint density at radius 2 is 1.82 bits per heavy atom. The molecular weight excluding hydrogens is 476 g/mol. The van der Waals surface area contributed by atoms with Crippen molar-refractivity contribution in [2.24, 2.45) is 0 Å². The molecule has 0 bridgehead atoms. The fourth-order valence-corrected chi connectivity index (χ4v) is 5.03. The largest absolute Gasteiger partial charge is 0.473 e. The van der Waals surface area contributed by atoms with Gasteiger partial charge in [-0.15, -0.1) is 0 Å². The smallest absolute Gasteiger partial charge is 0.230 e. The highest BCUT2D eigenvalue weighted by Crippen LogP contribution is 2.32. The van der Waals surface area contributed by atoms with Crippen LogP contribution in [0.25, 0.3) is 11.4 Å². The number of fused-ring (bicyclic) bond motifs is 1. The maximum atomic E-state index is 5.84. The molecule has 1 atom stereocenters. The van der Waals surface area contributed by atoms with Crippen LogP contribution in [0.3, 0.4) is 0 Å². The van der Waals surface area contributed by atoms with Crippen molar-refractivity contribution in [3.8, 4) is 17.3 Å². The fraction of sp³-hybridized carbons (Fsp3) is 0.333. The molecule has 38 heavy (non-hydrogen) atoms. The van der Waals surface area contributed by atoms with E-state index in [9.17, 15) is 0 Å². The number of aryl methyl sites for hydroxylation is 1. The van der Waals surface area contributed by atoms with Crippen molar-refractivity contribution in [2.75, 3.05) is 30.0 Å². The number of hydrogen-bond acceptors (Lipinski definition) is 8. The molecule has 0 spiro atoms. The van der Waals surface area contributed by atoms with Gasteiger partial charge in [0, 0.05) is 41.3 Å². The summed E-state index contributed by atoms with van der Waals surface area (Å²) >= 11 is 0. The van der Waals surface area contributed by atoms with Crippen LogP contribution in [0.2, 0.25) is 0 Å². The molecule has 2 aliphatic rings. The molecular formula is C30H32N6O2. The monoisotopic (exact) mass is 508 g/mol.